The number of benzene rings is 3. The molecule has 2 heterocycles. The molecule has 4 aromatic rings. The first kappa shape index (κ1) is 24.8. The summed E-state index contributed by atoms with van der Waals surface area (Å²) in [6.07, 6.45) is 3.53. The molecule has 1 aromatic heterocycles. The summed E-state index contributed by atoms with van der Waals surface area (Å²) in [5.74, 6) is 0.356. The average molecular weight is 495 g/mol. The molecule has 5 rings (SSSR count). The fraction of sp³-hybridized carbons (Fsp3) is 0.323. The topological polar surface area (TPSA) is 67.2 Å². The molecule has 0 saturated carbocycles. The smallest absolute Gasteiger partial charge is 0.294 e. The molecule has 190 valence electrons. The first-order chi connectivity index (χ1) is 18.1. The maximum absolute atomic E-state index is 13.7. The second-order valence-corrected chi connectivity index (χ2v) is 9.97. The Morgan fingerprint density at radius 2 is 1.73 bits per heavy atom. The van der Waals surface area contributed by atoms with Gasteiger partial charge >= 0.3 is 0 Å². The van der Waals surface area contributed by atoms with E-state index >= 15 is 0 Å². The van der Waals surface area contributed by atoms with Gasteiger partial charge in [0.25, 0.3) is 5.56 Å². The number of fused-ring (bicyclic) bond motifs is 1. The number of hydrogen-bond donors (Lipinski definition) is 1. The molecule has 1 aliphatic heterocycles. The number of anilines is 1. The van der Waals surface area contributed by atoms with Crippen LogP contribution in [0, 0.1) is 12.8 Å². The van der Waals surface area contributed by atoms with Crippen LogP contribution in [0.25, 0.3) is 11.0 Å². The van der Waals surface area contributed by atoms with Crippen LogP contribution < -0.4 is 15.8 Å². The summed E-state index contributed by atoms with van der Waals surface area (Å²) in [4.78, 5) is 33.5. The normalized spacial score (nSPS) is 15.6. The van der Waals surface area contributed by atoms with Crippen LogP contribution in [0.5, 0.6) is 0 Å². The molecular formula is C31H34N4O2. The van der Waals surface area contributed by atoms with E-state index in [1.54, 1.807) is 0 Å². The Labute approximate surface area is 218 Å². The monoisotopic (exact) mass is 494 g/mol. The van der Waals surface area contributed by atoms with E-state index in [0.29, 0.717) is 25.5 Å². The minimum absolute atomic E-state index is 0.0681. The Bertz CT molecular complexity index is 1410. The Morgan fingerprint density at radius 3 is 2.54 bits per heavy atom. The fourth-order valence-corrected chi connectivity index (χ4v) is 5.09. The van der Waals surface area contributed by atoms with Crippen molar-refractivity contribution in [2.45, 2.75) is 39.2 Å². The standard InChI is InChI=1S/C31H34N4O2/c1-23-15-17-25(18-16-23)21-35-28-14-6-5-13-27(28)33-29(31(35)37)34-20-8-12-26(22-34)30(36)32-19-7-11-24-9-3-2-4-10-24/h2-6,9-10,13-18,26H,7-8,11-12,19-22H2,1H3,(H,32,36). The quantitative estimate of drug-likeness (QED) is 0.360. The summed E-state index contributed by atoms with van der Waals surface area (Å²) in [5, 5.41) is 3.12. The lowest BCUT2D eigenvalue weighted by molar-refractivity contribution is -0.125. The van der Waals surface area contributed by atoms with Crippen molar-refractivity contribution >= 4 is 22.8 Å². The minimum Gasteiger partial charge on any atom is -0.356 e. The number of para-hydroxylation sites is 2. The van der Waals surface area contributed by atoms with Crippen LogP contribution in [0.15, 0.2) is 83.7 Å². The number of aryl methyl sites for hydroxylation is 2. The molecule has 0 radical (unpaired) electrons. The lowest BCUT2D eigenvalue weighted by Crippen LogP contribution is -2.45. The van der Waals surface area contributed by atoms with E-state index in [-0.39, 0.29) is 17.4 Å². The molecule has 3 aromatic carbocycles. The van der Waals surface area contributed by atoms with Crippen LogP contribution in [0.3, 0.4) is 0 Å². The Kier molecular flexibility index (Phi) is 7.64. The fourth-order valence-electron chi connectivity index (χ4n) is 5.09. The van der Waals surface area contributed by atoms with Gasteiger partial charge in [0.1, 0.15) is 0 Å². The van der Waals surface area contributed by atoms with Gasteiger partial charge in [0.15, 0.2) is 5.82 Å². The van der Waals surface area contributed by atoms with E-state index in [1.807, 2.05) is 51.9 Å². The molecule has 1 fully saturated rings. The van der Waals surface area contributed by atoms with Crippen molar-refractivity contribution in [3.05, 3.63) is 106 Å². The van der Waals surface area contributed by atoms with Crippen LogP contribution in [-0.4, -0.2) is 35.1 Å². The number of hydrogen-bond acceptors (Lipinski definition) is 4. The number of carbonyl (C=O) groups excluding carboxylic acids is 1. The number of amides is 1. The zero-order valence-electron chi connectivity index (χ0n) is 21.4. The molecule has 1 N–H and O–H groups in total. The van der Waals surface area contributed by atoms with Gasteiger partial charge in [-0.3, -0.25) is 14.2 Å². The van der Waals surface area contributed by atoms with E-state index in [0.717, 1.165) is 48.8 Å². The van der Waals surface area contributed by atoms with Crippen molar-refractivity contribution in [1.29, 1.82) is 0 Å². The van der Waals surface area contributed by atoms with Crippen molar-refractivity contribution in [2.24, 2.45) is 5.92 Å². The number of piperidine rings is 1. The number of nitrogens with one attached hydrogen (secondary N) is 1. The Balaban J connectivity index is 1.31. The van der Waals surface area contributed by atoms with Gasteiger partial charge in [0, 0.05) is 19.6 Å². The molecule has 1 aliphatic rings. The highest BCUT2D eigenvalue weighted by Crippen LogP contribution is 2.22. The summed E-state index contributed by atoms with van der Waals surface area (Å²) >= 11 is 0. The van der Waals surface area contributed by atoms with Gasteiger partial charge in [-0.25, -0.2) is 4.98 Å². The second kappa shape index (κ2) is 11.4. The largest absolute Gasteiger partial charge is 0.356 e. The number of aromatic nitrogens is 2. The average Bonchev–Trinajstić information content (AvgIpc) is 2.94. The molecule has 1 atom stereocenters. The predicted octanol–water partition coefficient (Wildman–Crippen LogP) is 4.72. The van der Waals surface area contributed by atoms with Gasteiger partial charge in [-0.2, -0.15) is 0 Å². The Hall–Kier alpha value is -3.93. The van der Waals surface area contributed by atoms with Gasteiger partial charge in [0.2, 0.25) is 5.91 Å². The predicted molar refractivity (Wildman–Crippen MR) is 149 cm³/mol. The van der Waals surface area contributed by atoms with E-state index < -0.39 is 0 Å². The third kappa shape index (κ3) is 5.91. The maximum Gasteiger partial charge on any atom is 0.294 e. The minimum atomic E-state index is -0.149. The molecule has 0 bridgehead atoms. The second-order valence-electron chi connectivity index (χ2n) is 9.97. The zero-order valence-corrected chi connectivity index (χ0v) is 21.4. The number of carbonyl (C=O) groups is 1. The van der Waals surface area contributed by atoms with Crippen LogP contribution >= 0.6 is 0 Å². The zero-order chi connectivity index (χ0) is 25.6. The lowest BCUT2D eigenvalue weighted by atomic mass is 9.97. The molecule has 6 heteroatoms. The van der Waals surface area contributed by atoms with Crippen molar-refractivity contribution in [1.82, 2.24) is 14.9 Å². The Morgan fingerprint density at radius 1 is 0.973 bits per heavy atom. The third-order valence-corrected chi connectivity index (χ3v) is 7.17. The molecule has 0 aliphatic carbocycles. The summed E-state index contributed by atoms with van der Waals surface area (Å²) in [5.41, 5.74) is 5.04. The van der Waals surface area contributed by atoms with Crippen LogP contribution in [0.4, 0.5) is 5.82 Å². The first-order valence-electron chi connectivity index (χ1n) is 13.2. The highest BCUT2D eigenvalue weighted by atomic mass is 16.2. The SMILES string of the molecule is Cc1ccc(Cn2c(=O)c(N3CCCC(C(=O)NCCCc4ccccc4)C3)nc3ccccc32)cc1. The van der Waals surface area contributed by atoms with Gasteiger partial charge in [-0.05, 0) is 55.9 Å². The summed E-state index contributed by atoms with van der Waals surface area (Å²) in [6.45, 7) is 4.43. The van der Waals surface area contributed by atoms with Crippen molar-refractivity contribution < 1.29 is 4.79 Å². The molecule has 1 saturated heterocycles. The van der Waals surface area contributed by atoms with Gasteiger partial charge in [-0.1, -0.05) is 72.3 Å². The molecule has 1 amide bonds. The first-order valence-corrected chi connectivity index (χ1v) is 13.2. The molecule has 0 spiro atoms. The van der Waals surface area contributed by atoms with Gasteiger partial charge in [-0.15, -0.1) is 0 Å². The van der Waals surface area contributed by atoms with Crippen molar-refractivity contribution in [2.75, 3.05) is 24.5 Å². The summed E-state index contributed by atoms with van der Waals surface area (Å²) < 4.78 is 1.82. The third-order valence-electron chi connectivity index (χ3n) is 7.17. The van der Waals surface area contributed by atoms with Crippen LogP contribution in [0.2, 0.25) is 0 Å². The molecule has 37 heavy (non-hydrogen) atoms. The van der Waals surface area contributed by atoms with E-state index in [1.165, 1.54) is 11.1 Å². The van der Waals surface area contributed by atoms with Crippen molar-refractivity contribution in [3.63, 3.8) is 0 Å². The van der Waals surface area contributed by atoms with Gasteiger partial charge < -0.3 is 10.2 Å². The molecule has 6 nitrogen and oxygen atoms in total. The molecule has 1 unspecified atom stereocenters. The van der Waals surface area contributed by atoms with E-state index in [2.05, 4.69) is 48.6 Å². The number of nitrogens with zero attached hydrogens (tertiary/aromatic N) is 3. The van der Waals surface area contributed by atoms with Crippen molar-refractivity contribution in [3.8, 4) is 0 Å². The summed E-state index contributed by atoms with van der Waals surface area (Å²) in [7, 11) is 0. The highest BCUT2D eigenvalue weighted by Gasteiger charge is 2.28. The van der Waals surface area contributed by atoms with E-state index in [9.17, 15) is 9.59 Å². The van der Waals surface area contributed by atoms with Crippen LogP contribution in [-0.2, 0) is 17.8 Å². The highest BCUT2D eigenvalue weighted by molar-refractivity contribution is 5.80. The molecular weight excluding hydrogens is 460 g/mol. The lowest BCUT2D eigenvalue weighted by Gasteiger charge is -2.32. The van der Waals surface area contributed by atoms with Crippen LogP contribution in [0.1, 0.15) is 36.0 Å². The van der Waals surface area contributed by atoms with Gasteiger partial charge in [0.05, 0.1) is 23.5 Å². The summed E-state index contributed by atoms with van der Waals surface area (Å²) in [6, 6.07) is 26.4. The maximum atomic E-state index is 13.7. The number of rotatable bonds is 8. The van der Waals surface area contributed by atoms with E-state index in [4.69, 9.17) is 4.98 Å².